The van der Waals surface area contributed by atoms with E-state index in [4.69, 9.17) is 0 Å². The molecule has 152 valence electrons. The van der Waals surface area contributed by atoms with Crippen molar-refractivity contribution >= 4 is 17.5 Å². The van der Waals surface area contributed by atoms with Crippen LogP contribution in [0.25, 0.3) is 0 Å². The van der Waals surface area contributed by atoms with E-state index in [-0.39, 0.29) is 29.5 Å². The van der Waals surface area contributed by atoms with Gasteiger partial charge >= 0.3 is 0 Å². The van der Waals surface area contributed by atoms with Crippen molar-refractivity contribution in [2.24, 2.45) is 11.8 Å². The second-order valence-electron chi connectivity index (χ2n) is 7.94. The fraction of sp³-hybridized carbons (Fsp3) is 0.391. The number of amides is 2. The van der Waals surface area contributed by atoms with E-state index in [9.17, 15) is 14.0 Å². The van der Waals surface area contributed by atoms with Crippen LogP contribution in [0.1, 0.15) is 17.5 Å². The number of carbonyl (C=O) groups excluding carboxylic acids is 2. The second-order valence-corrected chi connectivity index (χ2v) is 7.94. The van der Waals surface area contributed by atoms with E-state index in [0.29, 0.717) is 39.1 Å². The standard InChI is InChI=1S/C23H26FN3O2/c1-16-3-2-4-17(13-16)15-25-22(28)20-14-21(20)23(29)27-11-9-26(10-12-27)19-7-5-18(24)6-8-19/h2-8,13,20-21H,9-12,14-15H2,1H3,(H,25,28). The molecule has 2 fully saturated rings. The van der Waals surface area contributed by atoms with Crippen LogP contribution in [-0.2, 0) is 16.1 Å². The third-order valence-corrected chi connectivity index (χ3v) is 5.78. The van der Waals surface area contributed by atoms with E-state index >= 15 is 0 Å². The Hall–Kier alpha value is -2.89. The van der Waals surface area contributed by atoms with Gasteiger partial charge in [0.25, 0.3) is 0 Å². The molecule has 1 N–H and O–H groups in total. The van der Waals surface area contributed by atoms with Crippen LogP contribution in [0, 0.1) is 24.6 Å². The van der Waals surface area contributed by atoms with Crippen molar-refractivity contribution in [2.75, 3.05) is 31.1 Å². The molecule has 2 atom stereocenters. The Labute approximate surface area is 170 Å². The Bertz CT molecular complexity index is 891. The normalized spacial score (nSPS) is 21.0. The zero-order chi connectivity index (χ0) is 20.4. The van der Waals surface area contributed by atoms with Gasteiger partial charge in [0.05, 0.1) is 11.8 Å². The maximum atomic E-state index is 13.1. The summed E-state index contributed by atoms with van der Waals surface area (Å²) in [7, 11) is 0. The van der Waals surface area contributed by atoms with Crippen LogP contribution in [0.3, 0.4) is 0 Å². The van der Waals surface area contributed by atoms with E-state index in [0.717, 1.165) is 16.8 Å². The van der Waals surface area contributed by atoms with Gasteiger partial charge in [-0.3, -0.25) is 9.59 Å². The second kappa shape index (κ2) is 8.23. The molecule has 0 aromatic heterocycles. The van der Waals surface area contributed by atoms with Crippen LogP contribution < -0.4 is 10.2 Å². The number of piperazine rings is 1. The minimum absolute atomic E-state index is 0.0326. The highest BCUT2D eigenvalue weighted by Gasteiger charge is 2.49. The number of nitrogens with zero attached hydrogens (tertiary/aromatic N) is 2. The summed E-state index contributed by atoms with van der Waals surface area (Å²) in [5.74, 6) is -0.593. The average molecular weight is 395 g/mol. The summed E-state index contributed by atoms with van der Waals surface area (Å²) in [5, 5.41) is 2.96. The lowest BCUT2D eigenvalue weighted by atomic mass is 10.1. The number of carbonyl (C=O) groups is 2. The highest BCUT2D eigenvalue weighted by molar-refractivity contribution is 5.92. The van der Waals surface area contributed by atoms with Crippen molar-refractivity contribution in [2.45, 2.75) is 19.9 Å². The van der Waals surface area contributed by atoms with Gasteiger partial charge in [-0.2, -0.15) is 0 Å². The van der Waals surface area contributed by atoms with Crippen molar-refractivity contribution in [3.8, 4) is 0 Å². The Morgan fingerprint density at radius 2 is 1.76 bits per heavy atom. The molecule has 29 heavy (non-hydrogen) atoms. The van der Waals surface area contributed by atoms with Gasteiger partial charge in [0.2, 0.25) is 11.8 Å². The van der Waals surface area contributed by atoms with Gasteiger partial charge in [-0.1, -0.05) is 29.8 Å². The molecule has 1 heterocycles. The third kappa shape index (κ3) is 4.58. The van der Waals surface area contributed by atoms with Gasteiger partial charge in [-0.15, -0.1) is 0 Å². The average Bonchev–Trinajstić information content (AvgIpc) is 3.53. The van der Waals surface area contributed by atoms with Crippen molar-refractivity contribution in [3.63, 3.8) is 0 Å². The molecule has 0 spiro atoms. The highest BCUT2D eigenvalue weighted by atomic mass is 19.1. The molecular formula is C23H26FN3O2. The SMILES string of the molecule is Cc1cccc(CNC(=O)C2CC2C(=O)N2CCN(c3ccc(F)cc3)CC2)c1. The van der Waals surface area contributed by atoms with Crippen LogP contribution in [-0.4, -0.2) is 42.9 Å². The molecular weight excluding hydrogens is 369 g/mol. The van der Waals surface area contributed by atoms with E-state index < -0.39 is 0 Å². The number of halogens is 1. The predicted octanol–water partition coefficient (Wildman–Crippen LogP) is 2.74. The fourth-order valence-corrected chi connectivity index (χ4v) is 3.97. The summed E-state index contributed by atoms with van der Waals surface area (Å²) in [6, 6.07) is 14.5. The van der Waals surface area contributed by atoms with E-state index in [2.05, 4.69) is 16.3 Å². The first-order chi connectivity index (χ1) is 14.0. The highest BCUT2D eigenvalue weighted by Crippen LogP contribution is 2.40. The van der Waals surface area contributed by atoms with Crippen LogP contribution >= 0.6 is 0 Å². The Kier molecular flexibility index (Phi) is 5.51. The monoisotopic (exact) mass is 395 g/mol. The quantitative estimate of drug-likeness (QED) is 0.847. The number of benzene rings is 2. The molecule has 1 aliphatic carbocycles. The van der Waals surface area contributed by atoms with Gasteiger partial charge in [0.15, 0.2) is 0 Å². The molecule has 2 aromatic carbocycles. The number of nitrogens with one attached hydrogen (secondary N) is 1. The molecule has 6 heteroatoms. The van der Waals surface area contributed by atoms with E-state index in [1.54, 1.807) is 12.1 Å². The molecule has 2 amide bonds. The van der Waals surface area contributed by atoms with Gasteiger partial charge in [0.1, 0.15) is 5.82 Å². The smallest absolute Gasteiger partial charge is 0.226 e. The number of aryl methyl sites for hydroxylation is 1. The fourth-order valence-electron chi connectivity index (χ4n) is 3.97. The maximum absolute atomic E-state index is 13.1. The first-order valence-corrected chi connectivity index (χ1v) is 10.1. The topological polar surface area (TPSA) is 52.7 Å². The largest absolute Gasteiger partial charge is 0.368 e. The van der Waals surface area contributed by atoms with Crippen LogP contribution in [0.5, 0.6) is 0 Å². The first kappa shape index (κ1) is 19.4. The summed E-state index contributed by atoms with van der Waals surface area (Å²) in [6.07, 6.45) is 0.636. The lowest BCUT2D eigenvalue weighted by Gasteiger charge is -2.36. The molecule has 1 saturated heterocycles. The minimum atomic E-state index is -0.247. The lowest BCUT2D eigenvalue weighted by Crippen LogP contribution is -2.49. The van der Waals surface area contributed by atoms with Gasteiger partial charge in [-0.25, -0.2) is 4.39 Å². The Morgan fingerprint density at radius 1 is 1.03 bits per heavy atom. The molecule has 4 rings (SSSR count). The van der Waals surface area contributed by atoms with Crippen molar-refractivity contribution in [1.29, 1.82) is 0 Å². The lowest BCUT2D eigenvalue weighted by molar-refractivity contribution is -0.135. The van der Waals surface area contributed by atoms with Crippen LogP contribution in [0.2, 0.25) is 0 Å². The van der Waals surface area contributed by atoms with E-state index in [1.165, 1.54) is 12.1 Å². The Morgan fingerprint density at radius 3 is 2.45 bits per heavy atom. The zero-order valence-electron chi connectivity index (χ0n) is 16.6. The van der Waals surface area contributed by atoms with Gasteiger partial charge in [-0.05, 0) is 43.2 Å². The van der Waals surface area contributed by atoms with Crippen LogP contribution in [0.4, 0.5) is 10.1 Å². The molecule has 1 saturated carbocycles. The molecule has 0 radical (unpaired) electrons. The summed E-state index contributed by atoms with van der Waals surface area (Å²) in [5.41, 5.74) is 3.20. The van der Waals surface area contributed by atoms with Crippen molar-refractivity contribution < 1.29 is 14.0 Å². The van der Waals surface area contributed by atoms with E-state index in [1.807, 2.05) is 30.0 Å². The van der Waals surface area contributed by atoms with Crippen molar-refractivity contribution in [3.05, 3.63) is 65.5 Å². The molecule has 0 bridgehead atoms. The van der Waals surface area contributed by atoms with Crippen LogP contribution in [0.15, 0.2) is 48.5 Å². The molecule has 5 nitrogen and oxygen atoms in total. The molecule has 2 aliphatic rings. The Balaban J connectivity index is 1.24. The molecule has 1 aliphatic heterocycles. The minimum Gasteiger partial charge on any atom is -0.368 e. The summed E-state index contributed by atoms with van der Waals surface area (Å²) >= 11 is 0. The number of rotatable bonds is 5. The maximum Gasteiger partial charge on any atom is 0.226 e. The number of hydrogen-bond acceptors (Lipinski definition) is 3. The van der Waals surface area contributed by atoms with Gasteiger partial charge < -0.3 is 15.1 Å². The zero-order valence-corrected chi connectivity index (χ0v) is 16.6. The predicted molar refractivity (Wildman–Crippen MR) is 110 cm³/mol. The summed E-state index contributed by atoms with van der Waals surface area (Å²) in [6.45, 7) is 5.21. The molecule has 2 unspecified atom stereocenters. The summed E-state index contributed by atoms with van der Waals surface area (Å²) in [4.78, 5) is 29.2. The van der Waals surface area contributed by atoms with Gasteiger partial charge in [0, 0.05) is 38.4 Å². The van der Waals surface area contributed by atoms with Crippen molar-refractivity contribution in [1.82, 2.24) is 10.2 Å². The number of hydrogen-bond donors (Lipinski definition) is 1. The number of anilines is 1. The first-order valence-electron chi connectivity index (χ1n) is 10.1. The molecule has 2 aromatic rings. The third-order valence-electron chi connectivity index (χ3n) is 5.78. The summed E-state index contributed by atoms with van der Waals surface area (Å²) < 4.78 is 13.1.